The monoisotopic (exact) mass is 295 g/mol. The number of benzene rings is 1. The number of nitrogens with one attached hydrogen (secondary N) is 1. The predicted molar refractivity (Wildman–Crippen MR) is 76.4 cm³/mol. The zero-order valence-corrected chi connectivity index (χ0v) is 11.6. The summed E-state index contributed by atoms with van der Waals surface area (Å²) in [6.45, 7) is 0. The van der Waals surface area contributed by atoms with Gasteiger partial charge in [-0.3, -0.25) is 14.8 Å². The van der Waals surface area contributed by atoms with E-state index in [4.69, 9.17) is 12.2 Å². The molecule has 1 saturated heterocycles. The maximum absolute atomic E-state index is 12.0. The van der Waals surface area contributed by atoms with Crippen molar-refractivity contribution in [3.8, 4) is 0 Å². The quantitative estimate of drug-likeness (QED) is 0.865. The lowest BCUT2D eigenvalue weighted by atomic mass is 10.2. The van der Waals surface area contributed by atoms with Crippen LogP contribution in [-0.4, -0.2) is 21.9 Å². The molecule has 2 aromatic rings. The number of aromatic nitrogens is 2. The molecule has 0 aliphatic carbocycles. The number of H-pyrrole nitrogens is 1. The zero-order valence-electron chi connectivity index (χ0n) is 9.20. The summed E-state index contributed by atoms with van der Waals surface area (Å²) in [6.07, 6.45) is 0. The number of rotatable bonds is 2. The Bertz CT molecular complexity index is 622. The summed E-state index contributed by atoms with van der Waals surface area (Å²) >= 11 is 7.96. The minimum absolute atomic E-state index is 0.00681. The highest BCUT2D eigenvalue weighted by Crippen LogP contribution is 2.41. The van der Waals surface area contributed by atoms with Gasteiger partial charge in [0.2, 0.25) is 11.0 Å². The van der Waals surface area contributed by atoms with Gasteiger partial charge in [0, 0.05) is 0 Å². The molecule has 1 unspecified atom stereocenters. The lowest BCUT2D eigenvalue weighted by Gasteiger charge is -2.20. The second kappa shape index (κ2) is 4.83. The molecular formula is C11H9N3OS3. The molecular weight excluding hydrogens is 286 g/mol. The van der Waals surface area contributed by atoms with E-state index in [1.807, 2.05) is 30.3 Å². The maximum Gasteiger partial charge on any atom is 0.240 e. The third-order valence-electron chi connectivity index (χ3n) is 2.59. The van der Waals surface area contributed by atoms with Gasteiger partial charge >= 0.3 is 0 Å². The zero-order chi connectivity index (χ0) is 12.5. The van der Waals surface area contributed by atoms with Crippen molar-refractivity contribution in [2.24, 2.45) is 0 Å². The fourth-order valence-electron chi connectivity index (χ4n) is 1.82. The number of carbonyl (C=O) groups excluding carboxylic acids is 1. The average molecular weight is 295 g/mol. The summed E-state index contributed by atoms with van der Waals surface area (Å²) < 4.78 is 0.585. The van der Waals surface area contributed by atoms with Gasteiger partial charge in [0.1, 0.15) is 5.37 Å². The van der Waals surface area contributed by atoms with E-state index in [-0.39, 0.29) is 11.3 Å². The van der Waals surface area contributed by atoms with E-state index >= 15 is 0 Å². The van der Waals surface area contributed by atoms with Gasteiger partial charge in [-0.15, -0.1) is 16.9 Å². The van der Waals surface area contributed by atoms with E-state index in [2.05, 4.69) is 10.2 Å². The first kappa shape index (κ1) is 11.9. The van der Waals surface area contributed by atoms with E-state index in [1.54, 1.807) is 16.7 Å². The molecule has 0 bridgehead atoms. The molecule has 1 amide bonds. The van der Waals surface area contributed by atoms with Crippen LogP contribution in [0.3, 0.4) is 0 Å². The van der Waals surface area contributed by atoms with Crippen LogP contribution in [0.2, 0.25) is 0 Å². The van der Waals surface area contributed by atoms with Crippen LogP contribution >= 0.6 is 35.3 Å². The second-order valence-corrected chi connectivity index (χ2v) is 6.45. The molecule has 1 aromatic heterocycles. The van der Waals surface area contributed by atoms with Crippen molar-refractivity contribution in [1.82, 2.24) is 10.2 Å². The Hall–Kier alpha value is -1.18. The van der Waals surface area contributed by atoms with E-state index in [9.17, 15) is 4.79 Å². The van der Waals surface area contributed by atoms with Crippen molar-refractivity contribution in [3.05, 3.63) is 39.8 Å². The number of amides is 1. The molecule has 1 atom stereocenters. The lowest BCUT2D eigenvalue weighted by molar-refractivity contribution is -0.115. The summed E-state index contributed by atoms with van der Waals surface area (Å²) in [5, 5.41) is 7.46. The van der Waals surface area contributed by atoms with Gasteiger partial charge in [-0.25, -0.2) is 0 Å². The number of thioether (sulfide) groups is 1. The fraction of sp³-hybridized carbons (Fsp3) is 0.182. The number of hydrogen-bond acceptors (Lipinski definition) is 5. The highest BCUT2D eigenvalue weighted by Gasteiger charge is 2.35. The Kier molecular flexibility index (Phi) is 3.19. The molecule has 1 aliphatic heterocycles. The Morgan fingerprint density at radius 1 is 1.39 bits per heavy atom. The van der Waals surface area contributed by atoms with Crippen LogP contribution in [0.5, 0.6) is 0 Å². The van der Waals surface area contributed by atoms with Crippen LogP contribution in [0.15, 0.2) is 30.3 Å². The lowest BCUT2D eigenvalue weighted by Crippen LogP contribution is -2.27. The molecule has 0 saturated carbocycles. The molecule has 4 nitrogen and oxygen atoms in total. The first-order valence-corrected chi connectivity index (χ1v) is 7.57. The standard InChI is InChI=1S/C11H9N3OS3/c15-8-6-17-9(7-4-2-1-3-5-7)14(8)10-12-13-11(16)18-10/h1-5,9H,6H2,(H,13,16). The molecule has 1 fully saturated rings. The van der Waals surface area contributed by atoms with Gasteiger partial charge in [0.05, 0.1) is 5.75 Å². The summed E-state index contributed by atoms with van der Waals surface area (Å²) in [4.78, 5) is 13.7. The number of anilines is 1. The molecule has 92 valence electrons. The molecule has 3 rings (SSSR count). The summed E-state index contributed by atoms with van der Waals surface area (Å²) in [5.74, 6) is 0.554. The third-order valence-corrected chi connectivity index (χ3v) is 4.89. The number of carbonyl (C=O) groups is 1. The van der Waals surface area contributed by atoms with Crippen molar-refractivity contribution in [2.45, 2.75) is 5.37 Å². The van der Waals surface area contributed by atoms with Gasteiger partial charge in [-0.1, -0.05) is 41.7 Å². The van der Waals surface area contributed by atoms with Crippen LogP contribution in [0, 0.1) is 3.95 Å². The van der Waals surface area contributed by atoms with Crippen LogP contribution in [-0.2, 0) is 4.79 Å². The Morgan fingerprint density at radius 3 is 2.83 bits per heavy atom. The van der Waals surface area contributed by atoms with Crippen LogP contribution < -0.4 is 4.90 Å². The molecule has 2 heterocycles. The molecule has 1 N–H and O–H groups in total. The Labute approximate surface area is 117 Å². The van der Waals surface area contributed by atoms with Gasteiger partial charge in [0.15, 0.2) is 3.95 Å². The van der Waals surface area contributed by atoms with Crippen molar-refractivity contribution in [3.63, 3.8) is 0 Å². The highest BCUT2D eigenvalue weighted by molar-refractivity contribution is 8.00. The average Bonchev–Trinajstić information content (AvgIpc) is 2.96. The minimum Gasteiger partial charge on any atom is -0.273 e. The van der Waals surface area contributed by atoms with E-state index < -0.39 is 0 Å². The number of hydrogen-bond donors (Lipinski definition) is 1. The first-order chi connectivity index (χ1) is 8.75. The SMILES string of the molecule is O=C1CSC(c2ccccc2)N1c1n[nH]c(=S)s1. The van der Waals surface area contributed by atoms with E-state index in [1.165, 1.54) is 11.3 Å². The molecule has 0 radical (unpaired) electrons. The van der Waals surface area contributed by atoms with Crippen molar-refractivity contribution in [1.29, 1.82) is 0 Å². The maximum atomic E-state index is 12.0. The van der Waals surface area contributed by atoms with E-state index in [0.717, 1.165) is 5.56 Å². The van der Waals surface area contributed by atoms with Crippen LogP contribution in [0.1, 0.15) is 10.9 Å². The molecule has 1 aliphatic rings. The Balaban J connectivity index is 2.00. The molecule has 18 heavy (non-hydrogen) atoms. The summed E-state index contributed by atoms with van der Waals surface area (Å²) in [6, 6.07) is 9.96. The van der Waals surface area contributed by atoms with Crippen LogP contribution in [0.25, 0.3) is 0 Å². The van der Waals surface area contributed by atoms with Crippen molar-refractivity contribution < 1.29 is 4.79 Å². The van der Waals surface area contributed by atoms with Crippen LogP contribution in [0.4, 0.5) is 5.13 Å². The largest absolute Gasteiger partial charge is 0.273 e. The minimum atomic E-state index is -0.00681. The topological polar surface area (TPSA) is 49.0 Å². The molecule has 1 aromatic carbocycles. The number of aromatic amines is 1. The molecule has 7 heteroatoms. The fourth-order valence-corrected chi connectivity index (χ4v) is 3.97. The van der Waals surface area contributed by atoms with Crippen molar-refractivity contribution in [2.75, 3.05) is 10.7 Å². The van der Waals surface area contributed by atoms with Gasteiger partial charge in [0.25, 0.3) is 0 Å². The van der Waals surface area contributed by atoms with Crippen molar-refractivity contribution >= 4 is 46.4 Å². The molecule has 0 spiro atoms. The summed E-state index contributed by atoms with van der Waals surface area (Å²) in [7, 11) is 0. The Morgan fingerprint density at radius 2 is 2.17 bits per heavy atom. The van der Waals surface area contributed by atoms with Gasteiger partial charge < -0.3 is 0 Å². The van der Waals surface area contributed by atoms with Gasteiger partial charge in [-0.05, 0) is 17.8 Å². The normalized spacial score (nSPS) is 19.4. The third kappa shape index (κ3) is 2.09. The number of nitrogens with zero attached hydrogens (tertiary/aromatic N) is 2. The van der Waals surface area contributed by atoms with Gasteiger partial charge in [-0.2, -0.15) is 0 Å². The smallest absolute Gasteiger partial charge is 0.240 e. The summed E-state index contributed by atoms with van der Waals surface area (Å²) in [5.41, 5.74) is 1.11. The second-order valence-electron chi connectivity index (χ2n) is 3.73. The highest BCUT2D eigenvalue weighted by atomic mass is 32.2. The van der Waals surface area contributed by atoms with E-state index in [0.29, 0.717) is 14.8 Å². The first-order valence-electron chi connectivity index (χ1n) is 5.30. The predicted octanol–water partition coefficient (Wildman–Crippen LogP) is 2.98.